The number of ether oxygens (including phenoxy) is 1. The van der Waals surface area contributed by atoms with Crippen LogP contribution in [0, 0.1) is 0 Å². The molecule has 0 saturated carbocycles. The minimum Gasteiger partial charge on any atom is -0.491 e. The van der Waals surface area contributed by atoms with Crippen molar-refractivity contribution in [3.05, 3.63) is 53.5 Å². The zero-order valence-corrected chi connectivity index (χ0v) is 12.0. The van der Waals surface area contributed by atoms with Gasteiger partial charge in [0.2, 0.25) is 0 Å². The molecule has 0 radical (unpaired) electrons. The van der Waals surface area contributed by atoms with E-state index in [1.165, 1.54) is 6.07 Å². The lowest BCUT2D eigenvalue weighted by Crippen LogP contribution is -2.39. The van der Waals surface area contributed by atoms with Crippen LogP contribution in [0.15, 0.2) is 41.0 Å². The fourth-order valence-corrected chi connectivity index (χ4v) is 2.39. The number of amides is 1. The van der Waals surface area contributed by atoms with Crippen LogP contribution in [0.2, 0.25) is 0 Å². The number of carbonyl (C=O) groups is 2. The van der Waals surface area contributed by atoms with E-state index in [1.54, 1.807) is 4.90 Å². The van der Waals surface area contributed by atoms with Gasteiger partial charge in [-0.25, -0.2) is 4.79 Å². The van der Waals surface area contributed by atoms with Crippen molar-refractivity contribution in [1.82, 2.24) is 4.90 Å². The van der Waals surface area contributed by atoms with Gasteiger partial charge in [-0.1, -0.05) is 18.2 Å². The van der Waals surface area contributed by atoms with Crippen LogP contribution >= 0.6 is 0 Å². The van der Waals surface area contributed by atoms with Crippen molar-refractivity contribution in [2.24, 2.45) is 0 Å². The zero-order valence-electron chi connectivity index (χ0n) is 12.0. The van der Waals surface area contributed by atoms with Gasteiger partial charge in [-0.15, -0.1) is 0 Å². The lowest BCUT2D eigenvalue weighted by molar-refractivity contribution is 0.0612. The zero-order chi connectivity index (χ0) is 15.7. The molecule has 2 heterocycles. The first-order valence-corrected chi connectivity index (χ1v) is 6.90. The molecular formula is C16H15NO5. The first-order valence-electron chi connectivity index (χ1n) is 6.90. The number of fused-ring (bicyclic) bond motifs is 1. The Labute approximate surface area is 126 Å². The molecule has 0 bridgehead atoms. The first kappa shape index (κ1) is 14.2. The molecule has 0 fully saturated rings. The molecule has 1 aromatic heterocycles. The Morgan fingerprint density at radius 3 is 2.82 bits per heavy atom. The fraction of sp³-hybridized carbons (Fsp3) is 0.250. The van der Waals surface area contributed by atoms with Crippen molar-refractivity contribution in [2.75, 3.05) is 6.61 Å². The summed E-state index contributed by atoms with van der Waals surface area (Å²) in [4.78, 5) is 25.1. The molecule has 6 nitrogen and oxygen atoms in total. The molecule has 1 aliphatic rings. The number of aromatic carboxylic acids is 1. The number of furan rings is 1. The van der Waals surface area contributed by atoms with E-state index < -0.39 is 5.97 Å². The highest BCUT2D eigenvalue weighted by molar-refractivity contribution is 5.95. The summed E-state index contributed by atoms with van der Waals surface area (Å²) in [5, 5.41) is 8.91. The molecule has 0 spiro atoms. The number of hydrogen-bond donors (Lipinski definition) is 1. The lowest BCUT2D eigenvalue weighted by Gasteiger charge is -2.25. The van der Waals surface area contributed by atoms with Gasteiger partial charge in [-0.3, -0.25) is 4.79 Å². The van der Waals surface area contributed by atoms with Gasteiger partial charge in [0.05, 0.1) is 18.2 Å². The second kappa shape index (κ2) is 5.55. The molecule has 1 atom stereocenters. The Kier molecular flexibility index (Phi) is 3.58. The molecule has 2 aromatic rings. The van der Waals surface area contributed by atoms with Gasteiger partial charge in [0.1, 0.15) is 18.6 Å². The van der Waals surface area contributed by atoms with Gasteiger partial charge < -0.3 is 19.2 Å². The third kappa shape index (κ3) is 2.55. The average molecular weight is 301 g/mol. The summed E-state index contributed by atoms with van der Waals surface area (Å²) in [6.07, 6.45) is 1.07. The average Bonchev–Trinajstić information content (AvgIpc) is 2.94. The number of carboxylic acid groups (broad SMARTS) is 1. The predicted molar refractivity (Wildman–Crippen MR) is 76.9 cm³/mol. The second-order valence-corrected chi connectivity index (χ2v) is 5.21. The van der Waals surface area contributed by atoms with E-state index in [-0.39, 0.29) is 23.3 Å². The van der Waals surface area contributed by atoms with Gasteiger partial charge in [0.25, 0.3) is 5.91 Å². The summed E-state index contributed by atoms with van der Waals surface area (Å²) >= 11 is 0. The van der Waals surface area contributed by atoms with Crippen LogP contribution in [-0.4, -0.2) is 34.5 Å². The second-order valence-electron chi connectivity index (χ2n) is 5.21. The first-order chi connectivity index (χ1) is 10.6. The third-order valence-electron chi connectivity index (χ3n) is 3.64. The highest BCUT2D eigenvalue weighted by Gasteiger charge is 2.28. The fourth-order valence-electron chi connectivity index (χ4n) is 2.39. The highest BCUT2D eigenvalue weighted by atomic mass is 16.5. The van der Waals surface area contributed by atoms with Crippen molar-refractivity contribution in [3.63, 3.8) is 0 Å². The summed E-state index contributed by atoms with van der Waals surface area (Å²) in [6.45, 7) is 2.64. The molecule has 0 saturated heterocycles. The SMILES string of the molecule is CC1COc2ccccc2CN1C(=O)c1cc(C(=O)O)co1. The van der Waals surface area contributed by atoms with Crippen LogP contribution in [-0.2, 0) is 6.54 Å². The van der Waals surface area contributed by atoms with E-state index in [4.69, 9.17) is 14.3 Å². The quantitative estimate of drug-likeness (QED) is 0.921. The number of hydrogen-bond acceptors (Lipinski definition) is 4. The molecule has 0 aliphatic carbocycles. The normalized spacial score (nSPS) is 17.3. The molecule has 1 aromatic carbocycles. The van der Waals surface area contributed by atoms with Crippen molar-refractivity contribution in [2.45, 2.75) is 19.5 Å². The summed E-state index contributed by atoms with van der Waals surface area (Å²) in [5.41, 5.74) is 0.868. The summed E-state index contributed by atoms with van der Waals surface area (Å²) in [5.74, 6) is -0.695. The lowest BCUT2D eigenvalue weighted by atomic mass is 10.1. The summed E-state index contributed by atoms with van der Waals surface area (Å²) < 4.78 is 10.8. The minimum atomic E-state index is -1.12. The molecular weight excluding hydrogens is 286 g/mol. The van der Waals surface area contributed by atoms with E-state index in [0.717, 1.165) is 17.6 Å². The topological polar surface area (TPSA) is 80.0 Å². The highest BCUT2D eigenvalue weighted by Crippen LogP contribution is 2.26. The third-order valence-corrected chi connectivity index (χ3v) is 3.64. The van der Waals surface area contributed by atoms with Gasteiger partial charge in [-0.05, 0) is 13.0 Å². The standard InChI is InChI=1S/C16H15NO5/c1-10-8-21-13-5-3-2-4-11(13)7-17(10)15(18)14-6-12(9-22-14)16(19)20/h2-6,9-10H,7-8H2,1H3,(H,19,20). The summed E-state index contributed by atoms with van der Waals surface area (Å²) in [7, 11) is 0. The minimum absolute atomic E-state index is 0.0173. The molecule has 6 heteroatoms. The Balaban J connectivity index is 1.88. The van der Waals surface area contributed by atoms with Gasteiger partial charge in [-0.2, -0.15) is 0 Å². The molecule has 3 rings (SSSR count). The van der Waals surface area contributed by atoms with Crippen LogP contribution in [0.4, 0.5) is 0 Å². The smallest absolute Gasteiger partial charge is 0.338 e. The van der Waals surface area contributed by atoms with Crippen molar-refractivity contribution >= 4 is 11.9 Å². The van der Waals surface area contributed by atoms with Crippen LogP contribution in [0.5, 0.6) is 5.75 Å². The van der Waals surface area contributed by atoms with Gasteiger partial charge >= 0.3 is 5.97 Å². The molecule has 114 valence electrons. The maximum Gasteiger partial charge on any atom is 0.338 e. The number of para-hydroxylation sites is 1. The number of benzene rings is 1. The molecule has 1 N–H and O–H groups in total. The van der Waals surface area contributed by atoms with Crippen molar-refractivity contribution in [3.8, 4) is 5.75 Å². The van der Waals surface area contributed by atoms with Crippen LogP contribution < -0.4 is 4.74 Å². The maximum atomic E-state index is 12.6. The van der Waals surface area contributed by atoms with E-state index in [0.29, 0.717) is 13.2 Å². The Hall–Kier alpha value is -2.76. The molecule has 22 heavy (non-hydrogen) atoms. The van der Waals surface area contributed by atoms with Crippen LogP contribution in [0.3, 0.4) is 0 Å². The Bertz CT molecular complexity index is 721. The number of rotatable bonds is 2. The van der Waals surface area contributed by atoms with E-state index in [2.05, 4.69) is 0 Å². The van der Waals surface area contributed by atoms with Gasteiger partial charge in [0, 0.05) is 11.6 Å². The molecule has 1 aliphatic heterocycles. The Morgan fingerprint density at radius 2 is 2.09 bits per heavy atom. The van der Waals surface area contributed by atoms with Crippen molar-refractivity contribution < 1.29 is 23.8 Å². The molecule has 1 unspecified atom stereocenters. The van der Waals surface area contributed by atoms with Gasteiger partial charge in [0.15, 0.2) is 5.76 Å². The number of carboxylic acids is 1. The van der Waals surface area contributed by atoms with E-state index in [1.807, 2.05) is 31.2 Å². The van der Waals surface area contributed by atoms with Crippen LogP contribution in [0.1, 0.15) is 33.4 Å². The number of carbonyl (C=O) groups excluding carboxylic acids is 1. The Morgan fingerprint density at radius 1 is 1.32 bits per heavy atom. The largest absolute Gasteiger partial charge is 0.491 e. The summed E-state index contributed by atoms with van der Waals surface area (Å²) in [6, 6.07) is 8.63. The number of nitrogens with zero attached hydrogens (tertiary/aromatic N) is 1. The van der Waals surface area contributed by atoms with E-state index >= 15 is 0 Å². The predicted octanol–water partition coefficient (Wildman–Crippen LogP) is 2.40. The van der Waals surface area contributed by atoms with E-state index in [9.17, 15) is 9.59 Å². The maximum absolute atomic E-state index is 12.6. The monoisotopic (exact) mass is 301 g/mol. The van der Waals surface area contributed by atoms with Crippen molar-refractivity contribution in [1.29, 1.82) is 0 Å². The van der Waals surface area contributed by atoms with Crippen LogP contribution in [0.25, 0.3) is 0 Å². The molecule has 1 amide bonds.